The molecule has 15 heavy (non-hydrogen) atoms. The van der Waals surface area contributed by atoms with Crippen molar-refractivity contribution in [1.29, 1.82) is 0 Å². The summed E-state index contributed by atoms with van der Waals surface area (Å²) in [6, 6.07) is 3.72. The molecule has 0 saturated carbocycles. The lowest BCUT2D eigenvalue weighted by molar-refractivity contribution is 0.0936. The van der Waals surface area contributed by atoms with E-state index in [1.807, 2.05) is 0 Å². The van der Waals surface area contributed by atoms with Gasteiger partial charge in [0, 0.05) is 24.9 Å². The monoisotopic (exact) mass is 212 g/mol. The molecule has 0 radical (unpaired) electrons. The molecule has 5 heteroatoms. The molecule has 1 aromatic rings. The third-order valence-corrected chi connectivity index (χ3v) is 1.77. The van der Waals surface area contributed by atoms with Crippen LogP contribution < -0.4 is 11.1 Å². The van der Waals surface area contributed by atoms with Gasteiger partial charge in [0.15, 0.2) is 0 Å². The van der Waals surface area contributed by atoms with Crippen LogP contribution in [0.15, 0.2) is 18.2 Å². The van der Waals surface area contributed by atoms with Crippen LogP contribution in [0.25, 0.3) is 0 Å². The standard InChI is InChI=1S/C10H13FN2O2/c1-15-3-2-13-10(14)7-4-8(11)6-9(12)5-7/h4-6H,2-3,12H2,1H3,(H,13,14). The Balaban J connectivity index is 2.65. The maximum Gasteiger partial charge on any atom is 0.251 e. The first kappa shape index (κ1) is 11.5. The summed E-state index contributed by atoms with van der Waals surface area (Å²) in [4.78, 5) is 11.4. The first-order valence-electron chi connectivity index (χ1n) is 4.46. The lowest BCUT2D eigenvalue weighted by atomic mass is 10.2. The van der Waals surface area contributed by atoms with Crippen molar-refractivity contribution >= 4 is 11.6 Å². The summed E-state index contributed by atoms with van der Waals surface area (Å²) in [7, 11) is 1.53. The second kappa shape index (κ2) is 5.31. The molecule has 0 spiro atoms. The van der Waals surface area contributed by atoms with Crippen molar-refractivity contribution in [3.05, 3.63) is 29.6 Å². The van der Waals surface area contributed by atoms with E-state index in [0.717, 1.165) is 12.1 Å². The van der Waals surface area contributed by atoms with Gasteiger partial charge in [-0.2, -0.15) is 0 Å². The van der Waals surface area contributed by atoms with Crippen molar-refractivity contribution in [2.75, 3.05) is 26.0 Å². The van der Waals surface area contributed by atoms with Crippen molar-refractivity contribution in [2.45, 2.75) is 0 Å². The number of amides is 1. The molecule has 0 bridgehead atoms. The molecule has 0 aliphatic heterocycles. The van der Waals surface area contributed by atoms with Crippen molar-refractivity contribution in [3.8, 4) is 0 Å². The number of rotatable bonds is 4. The smallest absolute Gasteiger partial charge is 0.251 e. The van der Waals surface area contributed by atoms with Crippen LogP contribution in [-0.4, -0.2) is 26.2 Å². The highest BCUT2D eigenvalue weighted by molar-refractivity contribution is 5.95. The van der Waals surface area contributed by atoms with Crippen molar-refractivity contribution < 1.29 is 13.9 Å². The number of hydrogen-bond acceptors (Lipinski definition) is 3. The van der Waals surface area contributed by atoms with Crippen molar-refractivity contribution in [2.24, 2.45) is 0 Å². The van der Waals surface area contributed by atoms with Crippen LogP contribution in [0.3, 0.4) is 0 Å². The molecule has 0 aliphatic carbocycles. The normalized spacial score (nSPS) is 10.0. The molecule has 0 atom stereocenters. The fraction of sp³-hybridized carbons (Fsp3) is 0.300. The minimum atomic E-state index is -0.521. The Morgan fingerprint density at radius 3 is 2.87 bits per heavy atom. The molecule has 0 saturated heterocycles. The second-order valence-corrected chi connectivity index (χ2v) is 3.02. The quantitative estimate of drug-likeness (QED) is 0.572. The summed E-state index contributed by atoms with van der Waals surface area (Å²) in [5.41, 5.74) is 5.85. The molecule has 0 unspecified atom stereocenters. The zero-order valence-corrected chi connectivity index (χ0v) is 8.42. The van der Waals surface area contributed by atoms with E-state index in [9.17, 15) is 9.18 Å². The summed E-state index contributed by atoms with van der Waals surface area (Å²) in [5.74, 6) is -0.884. The van der Waals surface area contributed by atoms with Crippen molar-refractivity contribution in [1.82, 2.24) is 5.32 Å². The Bertz CT molecular complexity index is 335. The predicted octanol–water partition coefficient (Wildman–Crippen LogP) is 0.784. The Morgan fingerprint density at radius 2 is 2.27 bits per heavy atom. The topological polar surface area (TPSA) is 64.3 Å². The molecule has 3 N–H and O–H groups in total. The maximum atomic E-state index is 12.9. The van der Waals surface area contributed by atoms with Gasteiger partial charge < -0.3 is 15.8 Å². The van der Waals surface area contributed by atoms with E-state index in [-0.39, 0.29) is 17.2 Å². The lowest BCUT2D eigenvalue weighted by Crippen LogP contribution is -2.27. The Hall–Kier alpha value is -1.62. The number of ether oxygens (including phenoxy) is 1. The number of nitrogens with two attached hydrogens (primary N) is 1. The van der Waals surface area contributed by atoms with Crippen LogP contribution in [0.4, 0.5) is 10.1 Å². The predicted molar refractivity (Wildman–Crippen MR) is 55.0 cm³/mol. The zero-order chi connectivity index (χ0) is 11.3. The third kappa shape index (κ3) is 3.55. The highest BCUT2D eigenvalue weighted by atomic mass is 19.1. The molecule has 0 fully saturated rings. The molecule has 0 aromatic heterocycles. The van der Waals surface area contributed by atoms with Gasteiger partial charge in [0.25, 0.3) is 5.91 Å². The highest BCUT2D eigenvalue weighted by Crippen LogP contribution is 2.10. The van der Waals surface area contributed by atoms with Crippen LogP contribution in [0.5, 0.6) is 0 Å². The number of anilines is 1. The first-order valence-corrected chi connectivity index (χ1v) is 4.46. The molecule has 1 rings (SSSR count). The van der Waals surface area contributed by atoms with E-state index in [4.69, 9.17) is 10.5 Å². The third-order valence-electron chi connectivity index (χ3n) is 1.77. The van der Waals surface area contributed by atoms with Gasteiger partial charge in [0.05, 0.1) is 6.61 Å². The molecule has 0 heterocycles. The maximum absolute atomic E-state index is 12.9. The number of nitrogens with one attached hydrogen (secondary N) is 1. The van der Waals surface area contributed by atoms with Gasteiger partial charge in [-0.15, -0.1) is 0 Å². The Labute approximate surface area is 87.2 Å². The van der Waals surface area contributed by atoms with Crippen LogP contribution in [-0.2, 0) is 4.74 Å². The zero-order valence-electron chi connectivity index (χ0n) is 8.42. The Morgan fingerprint density at radius 1 is 1.53 bits per heavy atom. The minimum Gasteiger partial charge on any atom is -0.399 e. The molecular formula is C10H13FN2O2. The number of hydrogen-bond donors (Lipinski definition) is 2. The van der Waals surface area contributed by atoms with E-state index in [1.165, 1.54) is 13.2 Å². The molecule has 1 amide bonds. The summed E-state index contributed by atoms with van der Waals surface area (Å²) in [5, 5.41) is 2.57. The second-order valence-electron chi connectivity index (χ2n) is 3.02. The van der Waals surface area contributed by atoms with E-state index >= 15 is 0 Å². The average Bonchev–Trinajstić information content (AvgIpc) is 2.16. The molecule has 0 aliphatic rings. The average molecular weight is 212 g/mol. The number of nitrogen functional groups attached to an aromatic ring is 1. The fourth-order valence-corrected chi connectivity index (χ4v) is 1.11. The van der Waals surface area contributed by atoms with Crippen LogP contribution in [0.1, 0.15) is 10.4 Å². The van der Waals surface area contributed by atoms with Gasteiger partial charge in [-0.3, -0.25) is 4.79 Å². The number of halogens is 1. The number of benzene rings is 1. The van der Waals surface area contributed by atoms with E-state index in [1.54, 1.807) is 0 Å². The van der Waals surface area contributed by atoms with Gasteiger partial charge in [-0.25, -0.2) is 4.39 Å². The summed E-state index contributed by atoms with van der Waals surface area (Å²) >= 11 is 0. The summed E-state index contributed by atoms with van der Waals surface area (Å²) in [6.45, 7) is 0.794. The van der Waals surface area contributed by atoms with E-state index in [2.05, 4.69) is 5.32 Å². The number of carbonyl (C=O) groups excluding carboxylic acids is 1. The number of carbonyl (C=O) groups is 1. The summed E-state index contributed by atoms with van der Waals surface area (Å²) in [6.07, 6.45) is 0. The molecule has 1 aromatic carbocycles. The van der Waals surface area contributed by atoms with Crippen LogP contribution in [0.2, 0.25) is 0 Å². The highest BCUT2D eigenvalue weighted by Gasteiger charge is 2.06. The fourth-order valence-electron chi connectivity index (χ4n) is 1.11. The lowest BCUT2D eigenvalue weighted by Gasteiger charge is -2.05. The molecule has 82 valence electrons. The molecular weight excluding hydrogens is 199 g/mol. The largest absolute Gasteiger partial charge is 0.399 e. The molecule has 4 nitrogen and oxygen atoms in total. The number of methoxy groups -OCH3 is 1. The van der Waals surface area contributed by atoms with Gasteiger partial charge in [-0.05, 0) is 18.2 Å². The van der Waals surface area contributed by atoms with Gasteiger partial charge >= 0.3 is 0 Å². The van der Waals surface area contributed by atoms with Gasteiger partial charge in [-0.1, -0.05) is 0 Å². The first-order chi connectivity index (χ1) is 7.13. The minimum absolute atomic E-state index is 0.212. The SMILES string of the molecule is COCCNC(=O)c1cc(N)cc(F)c1. The van der Waals surface area contributed by atoms with Crippen LogP contribution in [0, 0.1) is 5.82 Å². The van der Waals surface area contributed by atoms with E-state index in [0.29, 0.717) is 13.2 Å². The van der Waals surface area contributed by atoms with E-state index < -0.39 is 5.82 Å². The van der Waals surface area contributed by atoms with Gasteiger partial charge in [0.1, 0.15) is 5.82 Å². The van der Waals surface area contributed by atoms with Crippen LogP contribution >= 0.6 is 0 Å². The van der Waals surface area contributed by atoms with Gasteiger partial charge in [0.2, 0.25) is 0 Å². The Kier molecular flexibility index (Phi) is 4.05. The summed E-state index contributed by atoms with van der Waals surface area (Å²) < 4.78 is 17.7. The van der Waals surface area contributed by atoms with Crippen molar-refractivity contribution in [3.63, 3.8) is 0 Å².